The Hall–Kier alpha value is -1.60. The molecule has 6 nitrogen and oxygen atoms in total. The summed E-state index contributed by atoms with van der Waals surface area (Å²) < 4.78 is 32.7. The van der Waals surface area contributed by atoms with E-state index in [1.807, 2.05) is 6.92 Å². The summed E-state index contributed by atoms with van der Waals surface area (Å²) in [6.45, 7) is 1.98. The molecule has 2 aliphatic carbocycles. The van der Waals surface area contributed by atoms with Gasteiger partial charge in [0.25, 0.3) is 5.91 Å². The van der Waals surface area contributed by atoms with E-state index in [2.05, 4.69) is 10.0 Å². The smallest absolute Gasteiger partial charge is 0.251 e. The van der Waals surface area contributed by atoms with E-state index in [0.29, 0.717) is 11.5 Å². The lowest BCUT2D eigenvalue weighted by Gasteiger charge is -2.15. The average Bonchev–Trinajstić information content (AvgIpc) is 3.39. The normalized spacial score (nSPS) is 19.2. The van der Waals surface area contributed by atoms with Crippen LogP contribution in [0.4, 0.5) is 0 Å². The Kier molecular flexibility index (Phi) is 4.33. The van der Waals surface area contributed by atoms with Crippen LogP contribution in [-0.2, 0) is 10.0 Å². The second-order valence-electron chi connectivity index (χ2n) is 6.36. The van der Waals surface area contributed by atoms with Crippen molar-refractivity contribution in [2.45, 2.75) is 49.6 Å². The first-order valence-corrected chi connectivity index (χ1v) is 9.40. The molecule has 0 spiro atoms. The Morgan fingerprint density at radius 1 is 1.26 bits per heavy atom. The van der Waals surface area contributed by atoms with Crippen molar-refractivity contribution in [3.8, 4) is 5.75 Å². The van der Waals surface area contributed by atoms with Crippen molar-refractivity contribution in [2.75, 3.05) is 7.11 Å². The maximum Gasteiger partial charge on any atom is 0.251 e. The second-order valence-corrected chi connectivity index (χ2v) is 8.04. The molecular formula is C16H22N2O4S. The number of nitrogens with one attached hydrogen (secondary N) is 2. The Bertz CT molecular complexity index is 709. The van der Waals surface area contributed by atoms with Gasteiger partial charge in [0.2, 0.25) is 10.0 Å². The molecule has 0 heterocycles. The van der Waals surface area contributed by atoms with Crippen LogP contribution in [0.1, 0.15) is 43.0 Å². The van der Waals surface area contributed by atoms with Gasteiger partial charge in [0.15, 0.2) is 0 Å². The fourth-order valence-electron chi connectivity index (χ4n) is 2.52. The third-order valence-electron chi connectivity index (χ3n) is 4.30. The van der Waals surface area contributed by atoms with Crippen LogP contribution in [0.3, 0.4) is 0 Å². The number of hydrogen-bond donors (Lipinski definition) is 2. The van der Waals surface area contributed by atoms with E-state index in [1.54, 1.807) is 6.07 Å². The van der Waals surface area contributed by atoms with Gasteiger partial charge in [-0.3, -0.25) is 4.79 Å². The van der Waals surface area contributed by atoms with Gasteiger partial charge in [-0.05, 0) is 56.7 Å². The van der Waals surface area contributed by atoms with Crippen molar-refractivity contribution in [2.24, 2.45) is 5.92 Å². The van der Waals surface area contributed by atoms with Gasteiger partial charge < -0.3 is 10.1 Å². The molecule has 2 N–H and O–H groups in total. The van der Waals surface area contributed by atoms with Crippen molar-refractivity contribution in [1.82, 2.24) is 10.0 Å². The zero-order chi connectivity index (χ0) is 16.6. The van der Waals surface area contributed by atoms with Crippen molar-refractivity contribution in [3.05, 3.63) is 23.8 Å². The molecule has 2 saturated carbocycles. The first kappa shape index (κ1) is 16.3. The zero-order valence-corrected chi connectivity index (χ0v) is 14.2. The first-order valence-electron chi connectivity index (χ1n) is 7.92. The quantitative estimate of drug-likeness (QED) is 0.792. The first-order chi connectivity index (χ1) is 10.9. The number of hydrogen-bond acceptors (Lipinski definition) is 4. The van der Waals surface area contributed by atoms with E-state index in [4.69, 9.17) is 4.74 Å². The van der Waals surface area contributed by atoms with Crippen LogP contribution in [0.15, 0.2) is 23.1 Å². The third kappa shape index (κ3) is 3.84. The minimum absolute atomic E-state index is 0.00271. The monoisotopic (exact) mass is 338 g/mol. The fraction of sp³-hybridized carbons (Fsp3) is 0.562. The van der Waals surface area contributed by atoms with Crippen LogP contribution in [0.25, 0.3) is 0 Å². The van der Waals surface area contributed by atoms with Crippen LogP contribution in [0.5, 0.6) is 5.75 Å². The van der Waals surface area contributed by atoms with E-state index in [0.717, 1.165) is 25.7 Å². The molecule has 1 atom stereocenters. The van der Waals surface area contributed by atoms with Crippen molar-refractivity contribution in [1.29, 1.82) is 0 Å². The van der Waals surface area contributed by atoms with Gasteiger partial charge in [-0.25, -0.2) is 13.1 Å². The van der Waals surface area contributed by atoms with E-state index < -0.39 is 10.0 Å². The molecule has 1 amide bonds. The predicted molar refractivity (Wildman–Crippen MR) is 86.0 cm³/mol. The number of sulfonamides is 1. The minimum atomic E-state index is -3.68. The largest absolute Gasteiger partial charge is 0.495 e. The van der Waals surface area contributed by atoms with E-state index in [1.165, 1.54) is 19.2 Å². The molecule has 0 saturated heterocycles. The third-order valence-corrected chi connectivity index (χ3v) is 5.84. The van der Waals surface area contributed by atoms with Crippen LogP contribution < -0.4 is 14.8 Å². The van der Waals surface area contributed by atoms with Crippen molar-refractivity contribution >= 4 is 15.9 Å². The summed E-state index contributed by atoms with van der Waals surface area (Å²) in [6.07, 6.45) is 3.96. The molecule has 0 aliphatic heterocycles. The summed E-state index contributed by atoms with van der Waals surface area (Å²) in [7, 11) is -2.27. The molecule has 7 heteroatoms. The predicted octanol–water partition coefficient (Wildman–Crippen LogP) is 1.66. The summed E-state index contributed by atoms with van der Waals surface area (Å²) in [4.78, 5) is 12.3. The summed E-state index contributed by atoms with van der Waals surface area (Å²) in [5, 5.41) is 2.93. The van der Waals surface area contributed by atoms with E-state index in [9.17, 15) is 13.2 Å². The fourth-order valence-corrected chi connectivity index (χ4v) is 4.02. The summed E-state index contributed by atoms with van der Waals surface area (Å²) >= 11 is 0. The molecule has 0 bridgehead atoms. The number of carbonyl (C=O) groups excluding carboxylic acids is 1. The van der Waals surface area contributed by atoms with Gasteiger partial charge in [0.05, 0.1) is 7.11 Å². The molecule has 0 aromatic heterocycles. The highest BCUT2D eigenvalue weighted by Gasteiger charge is 2.31. The highest BCUT2D eigenvalue weighted by atomic mass is 32.2. The molecule has 1 aromatic rings. The standard InChI is InChI=1S/C16H22N2O4S/c1-10(11-3-4-11)17-16(19)12-5-8-14(22-2)15(9-12)23(20,21)18-13-6-7-13/h5,8-11,13,18H,3-4,6-7H2,1-2H3,(H,17,19). The summed E-state index contributed by atoms with van der Waals surface area (Å²) in [6, 6.07) is 4.60. The molecule has 2 fully saturated rings. The maximum atomic E-state index is 12.5. The van der Waals surface area contributed by atoms with Gasteiger partial charge in [-0.1, -0.05) is 0 Å². The van der Waals surface area contributed by atoms with Crippen molar-refractivity contribution in [3.63, 3.8) is 0 Å². The summed E-state index contributed by atoms with van der Waals surface area (Å²) in [5.74, 6) is 0.525. The summed E-state index contributed by atoms with van der Waals surface area (Å²) in [5.41, 5.74) is 0.328. The molecule has 23 heavy (non-hydrogen) atoms. The Labute approximate surface area is 136 Å². The van der Waals surface area contributed by atoms with Gasteiger partial charge in [-0.15, -0.1) is 0 Å². The maximum absolute atomic E-state index is 12.5. The second kappa shape index (κ2) is 6.13. The molecule has 3 rings (SSSR count). The Balaban J connectivity index is 1.84. The molecular weight excluding hydrogens is 316 g/mol. The van der Waals surface area contributed by atoms with Crippen LogP contribution in [-0.4, -0.2) is 33.5 Å². The average molecular weight is 338 g/mol. The van der Waals surface area contributed by atoms with Crippen LogP contribution in [0, 0.1) is 5.92 Å². The minimum Gasteiger partial charge on any atom is -0.495 e. The lowest BCUT2D eigenvalue weighted by molar-refractivity contribution is 0.0935. The lowest BCUT2D eigenvalue weighted by Crippen LogP contribution is -2.34. The molecule has 126 valence electrons. The zero-order valence-electron chi connectivity index (χ0n) is 13.3. The number of benzene rings is 1. The highest BCUT2D eigenvalue weighted by Crippen LogP contribution is 2.33. The van der Waals surface area contributed by atoms with E-state index >= 15 is 0 Å². The molecule has 0 radical (unpaired) electrons. The molecule has 1 unspecified atom stereocenters. The Morgan fingerprint density at radius 3 is 2.52 bits per heavy atom. The number of carbonyl (C=O) groups is 1. The van der Waals surface area contributed by atoms with Crippen molar-refractivity contribution < 1.29 is 17.9 Å². The number of amides is 1. The Morgan fingerprint density at radius 2 is 1.96 bits per heavy atom. The number of methoxy groups -OCH3 is 1. The number of ether oxygens (including phenoxy) is 1. The molecule has 2 aliphatic rings. The highest BCUT2D eigenvalue weighted by molar-refractivity contribution is 7.89. The van der Waals surface area contributed by atoms with Gasteiger partial charge in [-0.2, -0.15) is 0 Å². The van der Waals surface area contributed by atoms with Gasteiger partial charge in [0.1, 0.15) is 10.6 Å². The topological polar surface area (TPSA) is 84.5 Å². The van der Waals surface area contributed by atoms with Crippen LogP contribution in [0.2, 0.25) is 0 Å². The SMILES string of the molecule is COc1ccc(C(=O)NC(C)C2CC2)cc1S(=O)(=O)NC1CC1. The van der Waals surface area contributed by atoms with Crippen LogP contribution >= 0.6 is 0 Å². The lowest BCUT2D eigenvalue weighted by atomic mass is 10.1. The van der Waals surface area contributed by atoms with Gasteiger partial charge in [0, 0.05) is 17.6 Å². The van der Waals surface area contributed by atoms with E-state index in [-0.39, 0.29) is 28.6 Å². The molecule has 1 aromatic carbocycles. The number of rotatable bonds is 7. The van der Waals surface area contributed by atoms with Gasteiger partial charge >= 0.3 is 0 Å².